The molecule has 5 nitrogen and oxygen atoms in total. The molecule has 1 N–H and O–H groups in total. The van der Waals surface area contributed by atoms with Gasteiger partial charge in [0.05, 0.1) is 13.0 Å². The van der Waals surface area contributed by atoms with Crippen molar-refractivity contribution in [2.75, 3.05) is 6.61 Å². The molecule has 0 saturated carbocycles. The molecule has 0 spiro atoms. The highest BCUT2D eigenvalue weighted by Crippen LogP contribution is 2.43. The number of aliphatic carboxylic acids is 1. The molecule has 6 heteroatoms. The van der Waals surface area contributed by atoms with E-state index in [1.54, 1.807) is 12.3 Å². The molecule has 0 radical (unpaired) electrons. The normalized spacial score (nSPS) is 18.7. The molecule has 0 amide bonds. The van der Waals surface area contributed by atoms with Gasteiger partial charge in [-0.3, -0.25) is 4.79 Å². The lowest BCUT2D eigenvalue weighted by molar-refractivity contribution is -0.137. The number of halogens is 1. The van der Waals surface area contributed by atoms with Crippen LogP contribution in [0.1, 0.15) is 52.7 Å². The molecule has 1 aromatic heterocycles. The summed E-state index contributed by atoms with van der Waals surface area (Å²) in [7, 11) is 0. The number of ether oxygens (including phenoxy) is 2. The monoisotopic (exact) mass is 493 g/mol. The fourth-order valence-electron chi connectivity index (χ4n) is 5.04. The summed E-state index contributed by atoms with van der Waals surface area (Å²) in [6, 6.07) is 12.6. The molecular weight excluding hydrogens is 470 g/mol. The zero-order valence-electron chi connectivity index (χ0n) is 18.0. The second kappa shape index (κ2) is 8.24. The van der Waals surface area contributed by atoms with Gasteiger partial charge in [-0.15, -0.1) is 0 Å². The molecule has 0 saturated heterocycles. The number of nitrogens with zero attached hydrogens (tertiary/aromatic N) is 1. The lowest BCUT2D eigenvalue weighted by Gasteiger charge is -2.17. The van der Waals surface area contributed by atoms with Crippen LogP contribution >= 0.6 is 15.9 Å². The smallest absolute Gasteiger partial charge is 0.304 e. The summed E-state index contributed by atoms with van der Waals surface area (Å²) in [5, 5.41) is 9.09. The third kappa shape index (κ3) is 3.77. The first-order valence-corrected chi connectivity index (χ1v) is 11.6. The summed E-state index contributed by atoms with van der Waals surface area (Å²) in [6.07, 6.45) is 3.52. The number of rotatable bonds is 5. The minimum absolute atomic E-state index is 0.0442. The summed E-state index contributed by atoms with van der Waals surface area (Å²) in [4.78, 5) is 15.5. The van der Waals surface area contributed by atoms with Crippen LogP contribution in [0.25, 0.3) is 11.1 Å². The summed E-state index contributed by atoms with van der Waals surface area (Å²) < 4.78 is 13.1. The van der Waals surface area contributed by atoms with E-state index >= 15 is 0 Å². The largest absolute Gasteiger partial charge is 0.492 e. The van der Waals surface area contributed by atoms with Gasteiger partial charge in [0.25, 0.3) is 0 Å². The maximum Gasteiger partial charge on any atom is 0.304 e. The van der Waals surface area contributed by atoms with E-state index in [4.69, 9.17) is 14.6 Å². The Balaban J connectivity index is 1.42. The van der Waals surface area contributed by atoms with Crippen molar-refractivity contribution in [3.8, 4) is 22.8 Å². The van der Waals surface area contributed by atoms with E-state index in [-0.39, 0.29) is 18.4 Å². The molecule has 2 unspecified atom stereocenters. The molecule has 2 aliphatic rings. The second-order valence-corrected chi connectivity index (χ2v) is 9.51. The molecule has 5 rings (SSSR count). The zero-order valence-corrected chi connectivity index (χ0v) is 19.6. The predicted octanol–water partition coefficient (Wildman–Crippen LogP) is 6.14. The Hall–Kier alpha value is -2.86. The highest BCUT2D eigenvalue weighted by molar-refractivity contribution is 9.10. The van der Waals surface area contributed by atoms with Crippen LogP contribution in [0, 0.1) is 13.8 Å². The maximum absolute atomic E-state index is 11.1. The van der Waals surface area contributed by atoms with Gasteiger partial charge in [-0.05, 0) is 72.2 Å². The van der Waals surface area contributed by atoms with Gasteiger partial charge < -0.3 is 14.6 Å². The quantitative estimate of drug-likeness (QED) is 0.461. The van der Waals surface area contributed by atoms with E-state index in [1.807, 2.05) is 0 Å². The molecule has 3 aromatic rings. The number of hydrogen-bond donors (Lipinski definition) is 1. The number of aryl methyl sites for hydroxylation is 2. The molecule has 1 aliphatic carbocycles. The molecule has 164 valence electrons. The van der Waals surface area contributed by atoms with Crippen molar-refractivity contribution in [3.63, 3.8) is 0 Å². The number of benzene rings is 2. The van der Waals surface area contributed by atoms with Gasteiger partial charge in [0, 0.05) is 28.2 Å². The van der Waals surface area contributed by atoms with Crippen molar-refractivity contribution in [3.05, 3.63) is 74.9 Å². The van der Waals surface area contributed by atoms with Gasteiger partial charge in [-0.1, -0.05) is 34.1 Å². The summed E-state index contributed by atoms with van der Waals surface area (Å²) in [6.45, 7) is 4.68. The molecule has 1 aliphatic heterocycles. The third-order valence-electron chi connectivity index (χ3n) is 6.42. The Morgan fingerprint density at radius 3 is 2.75 bits per heavy atom. The Bertz CT molecular complexity index is 1200. The molecule has 2 heterocycles. The van der Waals surface area contributed by atoms with Crippen molar-refractivity contribution >= 4 is 21.9 Å². The first-order chi connectivity index (χ1) is 15.4. The van der Waals surface area contributed by atoms with Crippen molar-refractivity contribution in [1.82, 2.24) is 4.98 Å². The van der Waals surface area contributed by atoms with Crippen LogP contribution in [0.3, 0.4) is 0 Å². The molecular formula is C26H24BrNO4. The number of fused-ring (bicyclic) bond motifs is 2. The van der Waals surface area contributed by atoms with Crippen LogP contribution in [0.2, 0.25) is 0 Å². The van der Waals surface area contributed by atoms with Gasteiger partial charge in [0.15, 0.2) is 0 Å². The van der Waals surface area contributed by atoms with Crippen molar-refractivity contribution in [2.24, 2.45) is 0 Å². The van der Waals surface area contributed by atoms with Crippen LogP contribution in [0.5, 0.6) is 11.6 Å². The average molecular weight is 494 g/mol. The van der Waals surface area contributed by atoms with Crippen molar-refractivity contribution in [1.29, 1.82) is 0 Å². The SMILES string of the molecule is Cc1cc(Br)cc(C)c1-c1cccc2c1CCC2Oc1cc2c(cn1)C(CC(=O)O)CO2. The fraction of sp³-hybridized carbons (Fsp3) is 0.308. The van der Waals surface area contributed by atoms with E-state index in [0.29, 0.717) is 18.2 Å². The Kier molecular flexibility index (Phi) is 5.41. The lowest BCUT2D eigenvalue weighted by Crippen LogP contribution is -2.07. The maximum atomic E-state index is 11.1. The Labute approximate surface area is 195 Å². The molecule has 2 atom stereocenters. The predicted molar refractivity (Wildman–Crippen MR) is 125 cm³/mol. The van der Waals surface area contributed by atoms with Gasteiger partial charge in [0.1, 0.15) is 11.9 Å². The first kappa shape index (κ1) is 21.0. The summed E-state index contributed by atoms with van der Waals surface area (Å²) in [5.41, 5.74) is 8.46. The van der Waals surface area contributed by atoms with Crippen LogP contribution in [0.15, 0.2) is 47.1 Å². The van der Waals surface area contributed by atoms with Gasteiger partial charge in [-0.2, -0.15) is 0 Å². The highest BCUT2D eigenvalue weighted by atomic mass is 79.9. The highest BCUT2D eigenvalue weighted by Gasteiger charge is 2.30. The minimum atomic E-state index is -0.832. The zero-order chi connectivity index (χ0) is 22.4. The second-order valence-electron chi connectivity index (χ2n) is 8.60. The number of aromatic nitrogens is 1. The average Bonchev–Trinajstić information content (AvgIpc) is 3.32. The van der Waals surface area contributed by atoms with Gasteiger partial charge in [0.2, 0.25) is 5.88 Å². The molecule has 2 aromatic carbocycles. The van der Waals surface area contributed by atoms with Crippen LogP contribution in [-0.4, -0.2) is 22.7 Å². The third-order valence-corrected chi connectivity index (χ3v) is 6.87. The first-order valence-electron chi connectivity index (χ1n) is 10.8. The molecule has 0 fully saturated rings. The minimum Gasteiger partial charge on any atom is -0.492 e. The number of hydrogen-bond acceptors (Lipinski definition) is 4. The van der Waals surface area contributed by atoms with E-state index in [0.717, 1.165) is 22.9 Å². The van der Waals surface area contributed by atoms with E-state index in [9.17, 15) is 4.79 Å². The van der Waals surface area contributed by atoms with Crippen molar-refractivity contribution in [2.45, 2.75) is 45.1 Å². The lowest BCUT2D eigenvalue weighted by atomic mass is 9.91. The molecule has 32 heavy (non-hydrogen) atoms. The Morgan fingerprint density at radius 2 is 2.00 bits per heavy atom. The fourth-order valence-corrected chi connectivity index (χ4v) is 5.73. The van der Waals surface area contributed by atoms with Crippen molar-refractivity contribution < 1.29 is 19.4 Å². The summed E-state index contributed by atoms with van der Waals surface area (Å²) in [5.74, 6) is 0.200. The van der Waals surface area contributed by atoms with Crippen LogP contribution in [-0.2, 0) is 11.2 Å². The number of carbonyl (C=O) groups is 1. The van der Waals surface area contributed by atoms with Crippen LogP contribution < -0.4 is 9.47 Å². The van der Waals surface area contributed by atoms with Gasteiger partial charge in [-0.25, -0.2) is 4.98 Å². The van der Waals surface area contributed by atoms with E-state index in [1.165, 1.54) is 33.4 Å². The van der Waals surface area contributed by atoms with Gasteiger partial charge >= 0.3 is 5.97 Å². The summed E-state index contributed by atoms with van der Waals surface area (Å²) >= 11 is 3.60. The van der Waals surface area contributed by atoms with E-state index < -0.39 is 5.97 Å². The Morgan fingerprint density at radius 1 is 1.22 bits per heavy atom. The standard InChI is InChI=1S/C26H24BrNO4/c1-14-8-17(27)9-15(2)26(14)20-5-3-4-19-18(20)6-7-22(19)32-24-11-23-21(12-28-24)16(13-31-23)10-25(29)30/h3-5,8-9,11-12,16,22H,6-7,10,13H2,1-2H3,(H,29,30). The number of carboxylic acids is 1. The number of pyridine rings is 1. The number of carboxylic acid groups (broad SMARTS) is 1. The topological polar surface area (TPSA) is 68.7 Å². The molecule has 0 bridgehead atoms. The van der Waals surface area contributed by atoms with Crippen LogP contribution in [0.4, 0.5) is 0 Å². The van der Waals surface area contributed by atoms with E-state index in [2.05, 4.69) is 65.1 Å².